The molecule has 1 aromatic rings. The van der Waals surface area contributed by atoms with Crippen molar-refractivity contribution in [1.82, 2.24) is 5.32 Å². The van der Waals surface area contributed by atoms with Gasteiger partial charge in [0.05, 0.1) is 14.2 Å². The topological polar surface area (TPSA) is 84.9 Å². The van der Waals surface area contributed by atoms with Crippen LogP contribution < -0.4 is 14.8 Å². The van der Waals surface area contributed by atoms with Gasteiger partial charge >= 0.3 is 5.97 Å². The SMILES string of the molecule is COc1cccc(OC)c1C(=O)NC(C(=O)O)C(C)(C)C. The third-order valence-electron chi connectivity index (χ3n) is 3.04. The highest BCUT2D eigenvalue weighted by molar-refractivity contribution is 6.01. The minimum atomic E-state index is -1.09. The summed E-state index contributed by atoms with van der Waals surface area (Å²) in [5.41, 5.74) is -0.450. The van der Waals surface area contributed by atoms with Gasteiger partial charge in [0.25, 0.3) is 5.91 Å². The molecule has 0 aliphatic carbocycles. The van der Waals surface area contributed by atoms with Crippen molar-refractivity contribution < 1.29 is 24.2 Å². The highest BCUT2D eigenvalue weighted by atomic mass is 16.5. The van der Waals surface area contributed by atoms with Crippen LogP contribution in [0.1, 0.15) is 31.1 Å². The number of methoxy groups -OCH3 is 2. The normalized spacial score (nSPS) is 12.4. The molecule has 0 saturated heterocycles. The molecule has 1 amide bonds. The first-order valence-electron chi connectivity index (χ1n) is 6.47. The van der Waals surface area contributed by atoms with E-state index in [1.165, 1.54) is 14.2 Å². The average molecular weight is 295 g/mol. The Labute approximate surface area is 124 Å². The van der Waals surface area contributed by atoms with E-state index in [4.69, 9.17) is 9.47 Å². The first kappa shape index (κ1) is 16.8. The number of carbonyl (C=O) groups excluding carboxylic acids is 1. The summed E-state index contributed by atoms with van der Waals surface area (Å²) in [7, 11) is 2.87. The van der Waals surface area contributed by atoms with Gasteiger partial charge in [-0.3, -0.25) is 4.79 Å². The van der Waals surface area contributed by atoms with Gasteiger partial charge in [0, 0.05) is 0 Å². The van der Waals surface area contributed by atoms with Gasteiger partial charge in [-0.1, -0.05) is 26.8 Å². The standard InChI is InChI=1S/C15H21NO5/c1-15(2,3)12(14(18)19)16-13(17)11-9(20-4)7-6-8-10(11)21-5/h6-8,12H,1-5H3,(H,16,17)(H,18,19). The van der Waals surface area contributed by atoms with E-state index in [2.05, 4.69) is 5.32 Å². The zero-order chi connectivity index (χ0) is 16.2. The van der Waals surface area contributed by atoms with Crippen LogP contribution in [0.3, 0.4) is 0 Å². The molecular weight excluding hydrogens is 274 g/mol. The number of ether oxygens (including phenoxy) is 2. The molecular formula is C15H21NO5. The first-order valence-corrected chi connectivity index (χ1v) is 6.47. The summed E-state index contributed by atoms with van der Waals surface area (Å²) >= 11 is 0. The van der Waals surface area contributed by atoms with Gasteiger partial charge in [-0.05, 0) is 17.5 Å². The molecule has 1 rings (SSSR count). The number of carbonyl (C=O) groups is 2. The van der Waals surface area contributed by atoms with E-state index in [0.717, 1.165) is 0 Å². The summed E-state index contributed by atoms with van der Waals surface area (Å²) in [6.07, 6.45) is 0. The van der Waals surface area contributed by atoms with Gasteiger partial charge in [-0.15, -0.1) is 0 Å². The Hall–Kier alpha value is -2.24. The van der Waals surface area contributed by atoms with Crippen LogP contribution in [0, 0.1) is 5.41 Å². The second kappa shape index (κ2) is 6.47. The molecule has 0 aliphatic heterocycles. The fraction of sp³-hybridized carbons (Fsp3) is 0.467. The van der Waals surface area contributed by atoms with Crippen molar-refractivity contribution in [2.24, 2.45) is 5.41 Å². The zero-order valence-electron chi connectivity index (χ0n) is 12.9. The number of carboxylic acids is 1. The molecule has 1 aromatic carbocycles. The van der Waals surface area contributed by atoms with Crippen LogP contribution in [0.4, 0.5) is 0 Å². The van der Waals surface area contributed by atoms with Gasteiger partial charge in [0.2, 0.25) is 0 Å². The minimum absolute atomic E-state index is 0.179. The predicted octanol–water partition coefficient (Wildman–Crippen LogP) is 1.93. The van der Waals surface area contributed by atoms with Gasteiger partial charge < -0.3 is 19.9 Å². The summed E-state index contributed by atoms with van der Waals surface area (Å²) < 4.78 is 10.3. The summed E-state index contributed by atoms with van der Waals surface area (Å²) in [6, 6.07) is 3.89. The van der Waals surface area contributed by atoms with Gasteiger partial charge in [0.1, 0.15) is 23.1 Å². The molecule has 0 spiro atoms. The van der Waals surface area contributed by atoms with Crippen LogP contribution in [0.5, 0.6) is 11.5 Å². The quantitative estimate of drug-likeness (QED) is 0.867. The lowest BCUT2D eigenvalue weighted by molar-refractivity contribution is -0.142. The number of aliphatic carboxylic acids is 1. The molecule has 6 heteroatoms. The molecule has 1 atom stereocenters. The number of rotatable bonds is 5. The Morgan fingerprint density at radius 3 is 1.95 bits per heavy atom. The van der Waals surface area contributed by atoms with E-state index in [-0.39, 0.29) is 5.56 Å². The predicted molar refractivity (Wildman–Crippen MR) is 77.9 cm³/mol. The highest BCUT2D eigenvalue weighted by Crippen LogP contribution is 2.29. The summed E-state index contributed by atoms with van der Waals surface area (Å²) in [5, 5.41) is 11.8. The van der Waals surface area contributed by atoms with Crippen molar-refractivity contribution in [2.45, 2.75) is 26.8 Å². The monoisotopic (exact) mass is 295 g/mol. The molecule has 6 nitrogen and oxygen atoms in total. The van der Waals surface area contributed by atoms with E-state index >= 15 is 0 Å². The maximum absolute atomic E-state index is 12.4. The molecule has 1 unspecified atom stereocenters. The molecule has 0 radical (unpaired) electrons. The lowest BCUT2D eigenvalue weighted by Crippen LogP contribution is -2.49. The number of carboxylic acid groups (broad SMARTS) is 1. The van der Waals surface area contributed by atoms with E-state index in [1.807, 2.05) is 0 Å². The minimum Gasteiger partial charge on any atom is -0.496 e. The first-order chi connectivity index (χ1) is 9.72. The lowest BCUT2D eigenvalue weighted by atomic mass is 9.86. The fourth-order valence-corrected chi connectivity index (χ4v) is 1.93. The Morgan fingerprint density at radius 2 is 1.62 bits per heavy atom. The molecule has 116 valence electrons. The summed E-state index contributed by atoms with van der Waals surface area (Å²) in [5.74, 6) is -0.994. The third-order valence-corrected chi connectivity index (χ3v) is 3.04. The number of benzene rings is 1. The van der Waals surface area contributed by atoms with Crippen molar-refractivity contribution >= 4 is 11.9 Å². The maximum Gasteiger partial charge on any atom is 0.326 e. The number of amides is 1. The number of nitrogens with one attached hydrogen (secondary N) is 1. The second-order valence-electron chi connectivity index (χ2n) is 5.65. The molecule has 0 aliphatic rings. The second-order valence-corrected chi connectivity index (χ2v) is 5.65. The Bertz CT molecular complexity index is 511. The van der Waals surface area contributed by atoms with E-state index < -0.39 is 23.3 Å². The van der Waals surface area contributed by atoms with E-state index in [1.54, 1.807) is 39.0 Å². The van der Waals surface area contributed by atoms with Crippen LogP contribution in [0.15, 0.2) is 18.2 Å². The van der Waals surface area contributed by atoms with Crippen molar-refractivity contribution in [3.05, 3.63) is 23.8 Å². The Kier molecular flexibility index (Phi) is 5.18. The van der Waals surface area contributed by atoms with Crippen LogP contribution >= 0.6 is 0 Å². The van der Waals surface area contributed by atoms with Crippen molar-refractivity contribution in [3.63, 3.8) is 0 Å². The van der Waals surface area contributed by atoms with Gasteiger partial charge in [0.15, 0.2) is 0 Å². The zero-order valence-corrected chi connectivity index (χ0v) is 12.9. The number of hydrogen-bond acceptors (Lipinski definition) is 4. The van der Waals surface area contributed by atoms with Gasteiger partial charge in [-0.2, -0.15) is 0 Å². The molecule has 0 heterocycles. The molecule has 21 heavy (non-hydrogen) atoms. The molecule has 0 aromatic heterocycles. The maximum atomic E-state index is 12.4. The largest absolute Gasteiger partial charge is 0.496 e. The van der Waals surface area contributed by atoms with Gasteiger partial charge in [-0.25, -0.2) is 4.79 Å². The van der Waals surface area contributed by atoms with Crippen LogP contribution in [0.25, 0.3) is 0 Å². The fourth-order valence-electron chi connectivity index (χ4n) is 1.93. The highest BCUT2D eigenvalue weighted by Gasteiger charge is 2.34. The van der Waals surface area contributed by atoms with Crippen molar-refractivity contribution in [2.75, 3.05) is 14.2 Å². The van der Waals surface area contributed by atoms with Crippen LogP contribution in [-0.4, -0.2) is 37.2 Å². The van der Waals surface area contributed by atoms with Crippen LogP contribution in [0.2, 0.25) is 0 Å². The third kappa shape index (κ3) is 3.87. The Morgan fingerprint density at radius 1 is 1.14 bits per heavy atom. The van der Waals surface area contributed by atoms with Crippen molar-refractivity contribution in [3.8, 4) is 11.5 Å². The van der Waals surface area contributed by atoms with Crippen LogP contribution in [-0.2, 0) is 4.79 Å². The van der Waals surface area contributed by atoms with Crippen molar-refractivity contribution in [1.29, 1.82) is 0 Å². The smallest absolute Gasteiger partial charge is 0.326 e. The summed E-state index contributed by atoms with van der Waals surface area (Å²) in [4.78, 5) is 23.8. The molecule has 0 fully saturated rings. The molecule has 0 bridgehead atoms. The van der Waals surface area contributed by atoms with E-state index in [0.29, 0.717) is 11.5 Å². The molecule has 2 N–H and O–H groups in total. The Balaban J connectivity index is 3.17. The lowest BCUT2D eigenvalue weighted by Gasteiger charge is -2.28. The number of hydrogen-bond donors (Lipinski definition) is 2. The summed E-state index contributed by atoms with van der Waals surface area (Å²) in [6.45, 7) is 5.22. The van der Waals surface area contributed by atoms with E-state index in [9.17, 15) is 14.7 Å². The molecule has 0 saturated carbocycles. The average Bonchev–Trinajstić information content (AvgIpc) is 2.41.